The molecule has 0 fully saturated rings. The molecule has 0 aliphatic carbocycles. The third kappa shape index (κ3) is 2.40. The van der Waals surface area contributed by atoms with Crippen LogP contribution >= 0.6 is 0 Å². The van der Waals surface area contributed by atoms with Crippen molar-refractivity contribution < 1.29 is 24.6 Å². The maximum atomic E-state index is 10.7. The van der Waals surface area contributed by atoms with Crippen LogP contribution in [0.25, 0.3) is 0 Å². The van der Waals surface area contributed by atoms with Gasteiger partial charge in [-0.25, -0.2) is 9.59 Å². The Morgan fingerprint density at radius 1 is 1.13 bits per heavy atom. The molecule has 0 saturated carbocycles. The summed E-state index contributed by atoms with van der Waals surface area (Å²) in [5.74, 6) is -2.62. The molecule has 78 valence electrons. The monoisotopic (exact) mass is 208 g/mol. The maximum absolute atomic E-state index is 10.7. The summed E-state index contributed by atoms with van der Waals surface area (Å²) >= 11 is 0. The van der Waals surface area contributed by atoms with Crippen LogP contribution in [0.5, 0.6) is 0 Å². The Labute approximate surface area is 85.0 Å². The summed E-state index contributed by atoms with van der Waals surface area (Å²) in [4.78, 5) is 31.6. The first kappa shape index (κ1) is 10.9. The quantitative estimate of drug-likeness (QED) is 0.715. The van der Waals surface area contributed by atoms with Gasteiger partial charge in [-0.15, -0.1) is 0 Å². The smallest absolute Gasteiger partial charge is 0.336 e. The molecule has 5 heteroatoms. The minimum atomic E-state index is -1.32. The molecule has 0 heterocycles. The highest BCUT2D eigenvalue weighted by molar-refractivity contribution is 6.01. The number of carbonyl (C=O) groups is 3. The normalized spacial score (nSPS) is 9.60. The highest BCUT2D eigenvalue weighted by atomic mass is 16.4. The van der Waals surface area contributed by atoms with Crippen molar-refractivity contribution in [1.29, 1.82) is 0 Å². The molecule has 0 aliphatic rings. The van der Waals surface area contributed by atoms with Gasteiger partial charge in [-0.2, -0.15) is 0 Å². The summed E-state index contributed by atoms with van der Waals surface area (Å²) in [6.45, 7) is 0. The van der Waals surface area contributed by atoms with Crippen molar-refractivity contribution in [2.75, 3.05) is 0 Å². The SMILES string of the molecule is O=CCc1ccc(C(=O)O)c(C(=O)O)c1. The average molecular weight is 208 g/mol. The Hall–Kier alpha value is -2.17. The van der Waals surface area contributed by atoms with Gasteiger partial charge in [0, 0.05) is 6.42 Å². The number of carbonyl (C=O) groups excluding carboxylic acids is 1. The lowest BCUT2D eigenvalue weighted by molar-refractivity contribution is -0.107. The zero-order valence-electron chi connectivity index (χ0n) is 7.64. The topological polar surface area (TPSA) is 91.7 Å². The first-order chi connectivity index (χ1) is 7.06. The molecule has 0 atom stereocenters. The van der Waals surface area contributed by atoms with Crippen molar-refractivity contribution >= 4 is 18.2 Å². The molecule has 2 N–H and O–H groups in total. The molecular formula is C10H8O5. The van der Waals surface area contributed by atoms with Crippen LogP contribution in [0.4, 0.5) is 0 Å². The average Bonchev–Trinajstić information content (AvgIpc) is 2.17. The zero-order valence-corrected chi connectivity index (χ0v) is 7.64. The fraction of sp³-hybridized carbons (Fsp3) is 0.100. The number of hydrogen-bond donors (Lipinski definition) is 2. The van der Waals surface area contributed by atoms with Gasteiger partial charge in [0.25, 0.3) is 0 Å². The van der Waals surface area contributed by atoms with Gasteiger partial charge in [-0.05, 0) is 17.7 Å². The summed E-state index contributed by atoms with van der Waals surface area (Å²) in [5, 5.41) is 17.5. The van der Waals surface area contributed by atoms with Gasteiger partial charge in [0.15, 0.2) is 0 Å². The van der Waals surface area contributed by atoms with Crippen LogP contribution in [0.2, 0.25) is 0 Å². The third-order valence-electron chi connectivity index (χ3n) is 1.86. The van der Waals surface area contributed by atoms with E-state index in [1.54, 1.807) is 0 Å². The van der Waals surface area contributed by atoms with Crippen LogP contribution < -0.4 is 0 Å². The van der Waals surface area contributed by atoms with Gasteiger partial charge in [-0.3, -0.25) is 0 Å². The Morgan fingerprint density at radius 3 is 2.20 bits per heavy atom. The molecule has 1 aromatic carbocycles. The van der Waals surface area contributed by atoms with E-state index in [0.29, 0.717) is 11.8 Å². The minimum absolute atomic E-state index is 0.0696. The van der Waals surface area contributed by atoms with Gasteiger partial charge in [0.1, 0.15) is 6.29 Å². The van der Waals surface area contributed by atoms with Crippen LogP contribution in [-0.4, -0.2) is 28.4 Å². The molecule has 0 radical (unpaired) electrons. The highest BCUT2D eigenvalue weighted by Gasteiger charge is 2.15. The number of rotatable bonds is 4. The number of carboxylic acid groups (broad SMARTS) is 2. The second-order valence-corrected chi connectivity index (χ2v) is 2.86. The van der Waals surface area contributed by atoms with E-state index < -0.39 is 11.9 Å². The van der Waals surface area contributed by atoms with E-state index in [1.165, 1.54) is 18.2 Å². The van der Waals surface area contributed by atoms with E-state index >= 15 is 0 Å². The van der Waals surface area contributed by atoms with Crippen LogP contribution in [0.15, 0.2) is 18.2 Å². The highest BCUT2D eigenvalue weighted by Crippen LogP contribution is 2.12. The van der Waals surface area contributed by atoms with Crippen LogP contribution in [0.1, 0.15) is 26.3 Å². The first-order valence-corrected chi connectivity index (χ1v) is 4.09. The summed E-state index contributed by atoms with van der Waals surface area (Å²) in [6, 6.07) is 3.80. The van der Waals surface area contributed by atoms with E-state index in [0.717, 1.165) is 0 Å². The maximum Gasteiger partial charge on any atom is 0.336 e. The lowest BCUT2D eigenvalue weighted by atomic mass is 10.0. The lowest BCUT2D eigenvalue weighted by Crippen LogP contribution is -2.08. The zero-order chi connectivity index (χ0) is 11.4. The molecule has 0 saturated heterocycles. The minimum Gasteiger partial charge on any atom is -0.478 e. The molecule has 1 aromatic rings. The standard InChI is InChI=1S/C10H8O5/c11-4-3-6-1-2-7(9(12)13)8(5-6)10(14)15/h1-2,4-5H,3H2,(H,12,13)(H,14,15). The predicted octanol–water partition coefficient (Wildman–Crippen LogP) is 0.824. The Bertz CT molecular complexity index is 422. The molecule has 15 heavy (non-hydrogen) atoms. The molecule has 0 aliphatic heterocycles. The molecule has 0 unspecified atom stereocenters. The van der Waals surface area contributed by atoms with Crippen molar-refractivity contribution in [3.63, 3.8) is 0 Å². The van der Waals surface area contributed by atoms with Crippen molar-refractivity contribution in [3.05, 3.63) is 34.9 Å². The lowest BCUT2D eigenvalue weighted by Gasteiger charge is -2.03. The van der Waals surface area contributed by atoms with Gasteiger partial charge in [0.2, 0.25) is 0 Å². The molecule has 0 amide bonds. The van der Waals surface area contributed by atoms with E-state index in [1.807, 2.05) is 0 Å². The van der Waals surface area contributed by atoms with Crippen molar-refractivity contribution in [2.45, 2.75) is 6.42 Å². The van der Waals surface area contributed by atoms with E-state index in [-0.39, 0.29) is 17.5 Å². The number of aromatic carboxylic acids is 2. The second kappa shape index (κ2) is 4.36. The van der Waals surface area contributed by atoms with Gasteiger partial charge < -0.3 is 15.0 Å². The van der Waals surface area contributed by atoms with Crippen LogP contribution in [-0.2, 0) is 11.2 Å². The third-order valence-corrected chi connectivity index (χ3v) is 1.86. The molecule has 1 rings (SSSR count). The Morgan fingerprint density at radius 2 is 1.73 bits per heavy atom. The Balaban J connectivity index is 3.26. The fourth-order valence-corrected chi connectivity index (χ4v) is 1.18. The van der Waals surface area contributed by atoms with E-state index in [2.05, 4.69) is 0 Å². The van der Waals surface area contributed by atoms with Gasteiger partial charge >= 0.3 is 11.9 Å². The Kier molecular flexibility index (Phi) is 3.17. The fourth-order valence-electron chi connectivity index (χ4n) is 1.18. The largest absolute Gasteiger partial charge is 0.478 e. The second-order valence-electron chi connectivity index (χ2n) is 2.86. The van der Waals surface area contributed by atoms with E-state index in [9.17, 15) is 14.4 Å². The number of carboxylic acids is 2. The van der Waals surface area contributed by atoms with Crippen molar-refractivity contribution in [2.24, 2.45) is 0 Å². The predicted molar refractivity (Wildman–Crippen MR) is 50.1 cm³/mol. The summed E-state index contributed by atoms with van der Waals surface area (Å²) in [5.41, 5.74) is -0.105. The molecule has 5 nitrogen and oxygen atoms in total. The number of benzene rings is 1. The van der Waals surface area contributed by atoms with Gasteiger partial charge in [-0.1, -0.05) is 6.07 Å². The summed E-state index contributed by atoms with van der Waals surface area (Å²) in [6.07, 6.45) is 0.696. The number of hydrogen-bond acceptors (Lipinski definition) is 3. The molecule has 0 spiro atoms. The summed E-state index contributed by atoms with van der Waals surface area (Å²) < 4.78 is 0. The molecular weight excluding hydrogens is 200 g/mol. The molecule has 0 aromatic heterocycles. The first-order valence-electron chi connectivity index (χ1n) is 4.09. The van der Waals surface area contributed by atoms with E-state index in [4.69, 9.17) is 10.2 Å². The van der Waals surface area contributed by atoms with Gasteiger partial charge in [0.05, 0.1) is 11.1 Å². The number of aldehydes is 1. The molecule has 0 bridgehead atoms. The summed E-state index contributed by atoms with van der Waals surface area (Å²) in [7, 11) is 0. The van der Waals surface area contributed by atoms with Crippen molar-refractivity contribution in [3.8, 4) is 0 Å². The van der Waals surface area contributed by atoms with Crippen molar-refractivity contribution in [1.82, 2.24) is 0 Å². The van der Waals surface area contributed by atoms with Crippen LogP contribution in [0.3, 0.4) is 0 Å². The van der Waals surface area contributed by atoms with Crippen LogP contribution in [0, 0.1) is 0 Å².